The lowest BCUT2D eigenvalue weighted by Crippen LogP contribution is -2.63. The van der Waals surface area contributed by atoms with Gasteiger partial charge >= 0.3 is 0 Å². The maximum Gasteiger partial charge on any atom is 0.142 e. The molecule has 4 rings (SSSR count). The van der Waals surface area contributed by atoms with Crippen molar-refractivity contribution in [1.82, 2.24) is 0 Å². The van der Waals surface area contributed by atoms with Crippen LogP contribution in [-0.4, -0.2) is 22.1 Å². The summed E-state index contributed by atoms with van der Waals surface area (Å²) in [6.45, 7) is 5.68. The quantitative estimate of drug-likeness (QED) is 0.451. The Bertz CT molecular complexity index is 308. The van der Waals surface area contributed by atoms with Gasteiger partial charge in [-0.2, -0.15) is 0 Å². The molecule has 4 aliphatic carbocycles. The van der Waals surface area contributed by atoms with Gasteiger partial charge in [0.15, 0.2) is 0 Å². The van der Waals surface area contributed by atoms with Crippen LogP contribution in [0, 0.1) is 23.7 Å². The highest BCUT2D eigenvalue weighted by molar-refractivity contribution is 5.17. The van der Waals surface area contributed by atoms with Gasteiger partial charge in [0.25, 0.3) is 0 Å². The van der Waals surface area contributed by atoms with Gasteiger partial charge in [0.1, 0.15) is 11.7 Å². The first-order chi connectivity index (χ1) is 8.05. The highest BCUT2D eigenvalue weighted by Crippen LogP contribution is 2.60. The van der Waals surface area contributed by atoms with Crippen LogP contribution in [0.15, 0.2) is 12.2 Å². The zero-order valence-corrected chi connectivity index (χ0v) is 10.4. The Kier molecular flexibility index (Phi) is 2.62. The molecule has 0 aromatic carbocycles. The van der Waals surface area contributed by atoms with Crippen LogP contribution in [0.3, 0.4) is 0 Å². The molecule has 0 spiro atoms. The topological polar surface area (TPSA) is 49.7 Å². The maximum absolute atomic E-state index is 11.1. The van der Waals surface area contributed by atoms with Crippen LogP contribution in [0.25, 0.3) is 0 Å². The Morgan fingerprint density at radius 3 is 2.00 bits per heavy atom. The molecular weight excluding hydrogens is 216 g/mol. The van der Waals surface area contributed by atoms with E-state index in [0.29, 0.717) is 0 Å². The molecule has 4 bridgehead atoms. The second-order valence-corrected chi connectivity index (χ2v) is 6.52. The van der Waals surface area contributed by atoms with E-state index in [1.54, 1.807) is 0 Å². The van der Waals surface area contributed by atoms with E-state index in [2.05, 4.69) is 11.5 Å². The SMILES string of the molecule is C=C(C)C(OO)C1(O)C2CC3CC(C2)CC1C3. The van der Waals surface area contributed by atoms with Crippen molar-refractivity contribution in [3.8, 4) is 0 Å². The maximum atomic E-state index is 11.1. The highest BCUT2D eigenvalue weighted by atomic mass is 17.1. The van der Waals surface area contributed by atoms with E-state index < -0.39 is 11.7 Å². The van der Waals surface area contributed by atoms with E-state index >= 15 is 0 Å². The van der Waals surface area contributed by atoms with Crippen molar-refractivity contribution in [3.63, 3.8) is 0 Å². The Morgan fingerprint density at radius 2 is 1.65 bits per heavy atom. The van der Waals surface area contributed by atoms with E-state index in [4.69, 9.17) is 5.26 Å². The van der Waals surface area contributed by atoms with Crippen molar-refractivity contribution in [3.05, 3.63) is 12.2 Å². The highest BCUT2D eigenvalue weighted by Gasteiger charge is 2.60. The van der Waals surface area contributed by atoms with Gasteiger partial charge in [-0.25, -0.2) is 4.89 Å². The van der Waals surface area contributed by atoms with Crippen molar-refractivity contribution in [1.29, 1.82) is 0 Å². The third-order valence-electron chi connectivity index (χ3n) is 5.42. The average Bonchev–Trinajstić information content (AvgIpc) is 2.25. The van der Waals surface area contributed by atoms with Crippen molar-refractivity contribution < 1.29 is 15.3 Å². The fourth-order valence-electron chi connectivity index (χ4n) is 4.94. The number of rotatable bonds is 3. The van der Waals surface area contributed by atoms with E-state index in [9.17, 15) is 5.11 Å². The van der Waals surface area contributed by atoms with Gasteiger partial charge in [-0.15, -0.1) is 0 Å². The average molecular weight is 238 g/mol. The molecule has 0 radical (unpaired) electrons. The molecule has 4 aliphatic rings. The smallest absolute Gasteiger partial charge is 0.142 e. The summed E-state index contributed by atoms with van der Waals surface area (Å²) in [5.74, 6) is 2.16. The lowest BCUT2D eigenvalue weighted by molar-refractivity contribution is -0.334. The molecule has 96 valence electrons. The summed E-state index contributed by atoms with van der Waals surface area (Å²) < 4.78 is 0. The lowest BCUT2D eigenvalue weighted by Gasteiger charge is -2.60. The van der Waals surface area contributed by atoms with Crippen LogP contribution in [0.4, 0.5) is 0 Å². The van der Waals surface area contributed by atoms with Crippen molar-refractivity contribution >= 4 is 0 Å². The summed E-state index contributed by atoms with van der Waals surface area (Å²) in [7, 11) is 0. The molecule has 0 aromatic rings. The van der Waals surface area contributed by atoms with Gasteiger partial charge < -0.3 is 5.11 Å². The lowest BCUT2D eigenvalue weighted by atomic mass is 9.48. The predicted octanol–water partition coefficient (Wildman–Crippen LogP) is 2.61. The third-order valence-corrected chi connectivity index (χ3v) is 5.42. The number of hydrogen-bond acceptors (Lipinski definition) is 3. The Morgan fingerprint density at radius 1 is 1.18 bits per heavy atom. The van der Waals surface area contributed by atoms with Gasteiger partial charge in [0, 0.05) is 0 Å². The number of hydrogen-bond donors (Lipinski definition) is 2. The van der Waals surface area contributed by atoms with Crippen LogP contribution in [0.1, 0.15) is 39.0 Å². The summed E-state index contributed by atoms with van der Waals surface area (Å²) in [6, 6.07) is 0. The molecule has 2 N–H and O–H groups in total. The van der Waals surface area contributed by atoms with Gasteiger partial charge in [-0.05, 0) is 68.3 Å². The minimum absolute atomic E-state index is 0.285. The molecular formula is C14H22O3. The van der Waals surface area contributed by atoms with E-state index in [0.717, 1.165) is 43.1 Å². The fourth-order valence-corrected chi connectivity index (χ4v) is 4.94. The van der Waals surface area contributed by atoms with E-state index in [1.807, 2.05) is 6.92 Å². The van der Waals surface area contributed by atoms with E-state index in [-0.39, 0.29) is 11.8 Å². The second kappa shape index (κ2) is 3.81. The van der Waals surface area contributed by atoms with Crippen molar-refractivity contribution in [2.24, 2.45) is 23.7 Å². The van der Waals surface area contributed by atoms with Crippen molar-refractivity contribution in [2.75, 3.05) is 0 Å². The Labute approximate surface area is 102 Å². The van der Waals surface area contributed by atoms with Crippen LogP contribution in [0.2, 0.25) is 0 Å². The normalized spacial score (nSPS) is 49.4. The molecule has 1 unspecified atom stereocenters. The minimum atomic E-state index is -0.881. The molecule has 0 saturated heterocycles. The Hall–Kier alpha value is -0.380. The molecule has 3 heteroatoms. The first kappa shape index (κ1) is 11.7. The van der Waals surface area contributed by atoms with Gasteiger partial charge in [-0.3, -0.25) is 5.26 Å². The summed E-state index contributed by atoms with van der Waals surface area (Å²) in [6.07, 6.45) is 5.11. The molecule has 0 amide bonds. The van der Waals surface area contributed by atoms with Gasteiger partial charge in [0.2, 0.25) is 0 Å². The third kappa shape index (κ3) is 1.52. The number of aliphatic hydroxyl groups is 1. The molecule has 0 heterocycles. The largest absolute Gasteiger partial charge is 0.386 e. The fraction of sp³-hybridized carbons (Fsp3) is 0.857. The van der Waals surface area contributed by atoms with Crippen LogP contribution >= 0.6 is 0 Å². The van der Waals surface area contributed by atoms with E-state index in [1.165, 1.54) is 6.42 Å². The first-order valence-corrected chi connectivity index (χ1v) is 6.73. The molecule has 4 saturated carbocycles. The molecule has 4 fully saturated rings. The second-order valence-electron chi connectivity index (χ2n) is 6.52. The standard InChI is InChI=1S/C14H22O3/c1-8(2)13(17-16)14(15)11-4-9-3-10(6-11)7-12(14)5-9/h9-13,15-16H,1,3-7H2,2H3. The van der Waals surface area contributed by atoms with Gasteiger partial charge in [0.05, 0.1) is 0 Å². The minimum Gasteiger partial charge on any atom is -0.386 e. The predicted molar refractivity (Wildman–Crippen MR) is 64.3 cm³/mol. The summed E-state index contributed by atoms with van der Waals surface area (Å²) in [5, 5.41) is 20.2. The molecule has 0 aromatic heterocycles. The molecule has 17 heavy (non-hydrogen) atoms. The zero-order chi connectivity index (χ0) is 12.2. The molecule has 1 atom stereocenters. The summed E-state index contributed by atoms with van der Waals surface area (Å²) in [4.78, 5) is 4.59. The van der Waals surface area contributed by atoms with Gasteiger partial charge in [-0.1, -0.05) is 6.58 Å². The first-order valence-electron chi connectivity index (χ1n) is 6.73. The summed E-state index contributed by atoms with van der Waals surface area (Å²) >= 11 is 0. The Balaban J connectivity index is 1.93. The van der Waals surface area contributed by atoms with Crippen LogP contribution < -0.4 is 0 Å². The monoisotopic (exact) mass is 238 g/mol. The molecule has 0 aliphatic heterocycles. The zero-order valence-electron chi connectivity index (χ0n) is 10.4. The van der Waals surface area contributed by atoms with Crippen LogP contribution in [0.5, 0.6) is 0 Å². The molecule has 3 nitrogen and oxygen atoms in total. The van der Waals surface area contributed by atoms with Crippen molar-refractivity contribution in [2.45, 2.75) is 50.7 Å². The summed E-state index contributed by atoms with van der Waals surface area (Å²) in [5.41, 5.74) is -0.156. The van der Waals surface area contributed by atoms with Crippen LogP contribution in [-0.2, 0) is 4.89 Å².